The van der Waals surface area contributed by atoms with E-state index in [1.165, 1.54) is 24.9 Å². The van der Waals surface area contributed by atoms with Crippen molar-refractivity contribution >= 4 is 0 Å². The van der Waals surface area contributed by atoms with Gasteiger partial charge < -0.3 is 10.6 Å². The van der Waals surface area contributed by atoms with Gasteiger partial charge in [-0.25, -0.2) is 0 Å². The van der Waals surface area contributed by atoms with Crippen molar-refractivity contribution < 1.29 is 0 Å². The molecular weight excluding hydrogens is 250 g/mol. The summed E-state index contributed by atoms with van der Waals surface area (Å²) in [5.41, 5.74) is 8.52. The first-order valence-electron chi connectivity index (χ1n) is 7.71. The normalized spacial score (nSPS) is 23.8. The van der Waals surface area contributed by atoms with Crippen LogP contribution < -0.4 is 5.73 Å². The zero-order chi connectivity index (χ0) is 14.7. The molecule has 2 atom stereocenters. The van der Waals surface area contributed by atoms with Crippen LogP contribution in [0.2, 0.25) is 0 Å². The van der Waals surface area contributed by atoms with Crippen molar-refractivity contribution in [2.24, 2.45) is 12.8 Å². The maximum atomic E-state index is 6.12. The van der Waals surface area contributed by atoms with Crippen LogP contribution in [0, 0.1) is 6.92 Å². The highest BCUT2D eigenvalue weighted by atomic mass is 15.3. The molecule has 114 valence electrons. The number of aromatic nitrogens is 2. The second kappa shape index (κ2) is 6.70. The average Bonchev–Trinajstić information content (AvgIpc) is 2.63. The number of rotatable bonds is 4. The first-order chi connectivity index (χ1) is 9.56. The van der Waals surface area contributed by atoms with E-state index in [0.717, 1.165) is 18.8 Å². The number of nitrogens with zero attached hydrogens (tertiary/aromatic N) is 4. The van der Waals surface area contributed by atoms with Gasteiger partial charge >= 0.3 is 0 Å². The number of hydrogen-bond acceptors (Lipinski definition) is 4. The quantitative estimate of drug-likeness (QED) is 0.898. The van der Waals surface area contributed by atoms with Gasteiger partial charge in [-0.15, -0.1) is 0 Å². The van der Waals surface area contributed by atoms with E-state index in [-0.39, 0.29) is 0 Å². The molecule has 0 bridgehead atoms. The van der Waals surface area contributed by atoms with Crippen molar-refractivity contribution in [2.45, 2.75) is 38.8 Å². The van der Waals surface area contributed by atoms with Crippen LogP contribution in [0.4, 0.5) is 0 Å². The van der Waals surface area contributed by atoms with Crippen molar-refractivity contribution in [3.8, 4) is 0 Å². The minimum Gasteiger partial charge on any atom is -0.329 e. The van der Waals surface area contributed by atoms with Crippen molar-refractivity contribution in [1.82, 2.24) is 19.6 Å². The minimum atomic E-state index is 0.292. The van der Waals surface area contributed by atoms with E-state index >= 15 is 0 Å². The fourth-order valence-corrected chi connectivity index (χ4v) is 3.42. The lowest BCUT2D eigenvalue weighted by atomic mass is 10.0. The van der Waals surface area contributed by atoms with Gasteiger partial charge in [0, 0.05) is 44.5 Å². The molecule has 20 heavy (non-hydrogen) atoms. The Balaban J connectivity index is 2.26. The van der Waals surface area contributed by atoms with Crippen LogP contribution in [0.5, 0.6) is 0 Å². The van der Waals surface area contributed by atoms with Crippen LogP contribution in [-0.2, 0) is 7.05 Å². The Morgan fingerprint density at radius 2 is 2.15 bits per heavy atom. The van der Waals surface area contributed by atoms with E-state index in [9.17, 15) is 0 Å². The Labute approximate surface area is 122 Å². The Bertz CT molecular complexity index is 428. The van der Waals surface area contributed by atoms with Crippen LogP contribution in [0.15, 0.2) is 6.20 Å². The summed E-state index contributed by atoms with van der Waals surface area (Å²) in [5, 5.41) is 4.49. The molecular formula is C15H29N5. The highest BCUT2D eigenvalue weighted by Gasteiger charge is 2.30. The van der Waals surface area contributed by atoms with E-state index < -0.39 is 0 Å². The summed E-state index contributed by atoms with van der Waals surface area (Å²) in [5.74, 6) is 0. The molecule has 0 saturated carbocycles. The summed E-state index contributed by atoms with van der Waals surface area (Å²) in [4.78, 5) is 5.05. The topological polar surface area (TPSA) is 50.3 Å². The first kappa shape index (κ1) is 15.5. The Hall–Kier alpha value is -0.910. The summed E-state index contributed by atoms with van der Waals surface area (Å²) in [7, 11) is 4.20. The third-order valence-corrected chi connectivity index (χ3v) is 4.45. The van der Waals surface area contributed by atoms with Gasteiger partial charge in [-0.3, -0.25) is 9.58 Å². The summed E-state index contributed by atoms with van der Waals surface area (Å²) in [6.07, 6.45) is 4.51. The first-order valence-corrected chi connectivity index (χ1v) is 7.71. The van der Waals surface area contributed by atoms with Crippen molar-refractivity contribution in [2.75, 3.05) is 33.2 Å². The molecule has 0 spiro atoms. The summed E-state index contributed by atoms with van der Waals surface area (Å²) < 4.78 is 1.90. The monoisotopic (exact) mass is 279 g/mol. The molecule has 1 aliphatic rings. The van der Waals surface area contributed by atoms with E-state index in [2.05, 4.69) is 42.0 Å². The number of aryl methyl sites for hydroxylation is 2. The average molecular weight is 279 g/mol. The van der Waals surface area contributed by atoms with E-state index in [1.807, 2.05) is 11.7 Å². The van der Waals surface area contributed by atoms with E-state index in [0.29, 0.717) is 18.6 Å². The van der Waals surface area contributed by atoms with E-state index in [4.69, 9.17) is 5.73 Å². The summed E-state index contributed by atoms with van der Waals surface area (Å²) in [6.45, 7) is 8.46. The van der Waals surface area contributed by atoms with E-state index in [1.54, 1.807) is 0 Å². The fraction of sp³-hybridized carbons (Fsp3) is 0.800. The molecule has 0 amide bonds. The highest BCUT2D eigenvalue weighted by molar-refractivity contribution is 5.21. The predicted molar refractivity (Wildman–Crippen MR) is 82.6 cm³/mol. The lowest BCUT2D eigenvalue weighted by molar-refractivity contribution is 0.130. The molecule has 0 aliphatic carbocycles. The van der Waals surface area contributed by atoms with Gasteiger partial charge in [0.2, 0.25) is 0 Å². The Morgan fingerprint density at radius 1 is 1.40 bits per heavy atom. The number of likely N-dealkylation sites (N-methyl/N-ethyl adjacent to an activating group) is 1. The molecule has 1 saturated heterocycles. The van der Waals surface area contributed by atoms with Gasteiger partial charge in [-0.1, -0.05) is 6.92 Å². The third kappa shape index (κ3) is 3.22. The van der Waals surface area contributed by atoms with Crippen LogP contribution in [0.1, 0.15) is 37.1 Å². The van der Waals surface area contributed by atoms with Crippen LogP contribution >= 0.6 is 0 Å². The Morgan fingerprint density at radius 3 is 2.70 bits per heavy atom. The second-order valence-electron chi connectivity index (χ2n) is 6.01. The predicted octanol–water partition coefficient (Wildman–Crippen LogP) is 1.14. The minimum absolute atomic E-state index is 0.292. The van der Waals surface area contributed by atoms with Gasteiger partial charge in [0.1, 0.15) is 0 Å². The lowest BCUT2D eigenvalue weighted by Gasteiger charge is -2.36. The molecule has 1 aromatic heterocycles. The molecule has 1 aliphatic heterocycles. The lowest BCUT2D eigenvalue weighted by Crippen LogP contribution is -2.44. The smallest absolute Gasteiger partial charge is 0.0641 e. The van der Waals surface area contributed by atoms with Crippen LogP contribution in [0.25, 0.3) is 0 Å². The molecule has 2 unspecified atom stereocenters. The van der Waals surface area contributed by atoms with Crippen molar-refractivity contribution in [3.05, 3.63) is 17.5 Å². The van der Waals surface area contributed by atoms with Gasteiger partial charge in [0.15, 0.2) is 0 Å². The standard InChI is InChI=1S/C15H29N5/c1-5-13-10-18(3)7-6-8-20(13)15(9-16)14-11-19(4)17-12(14)2/h11,13,15H,5-10,16H2,1-4H3. The fourth-order valence-electron chi connectivity index (χ4n) is 3.42. The largest absolute Gasteiger partial charge is 0.329 e. The molecule has 1 aromatic rings. The Kier molecular flexibility index (Phi) is 5.18. The molecule has 5 nitrogen and oxygen atoms in total. The molecule has 0 aromatic carbocycles. The molecule has 1 fully saturated rings. The maximum Gasteiger partial charge on any atom is 0.0641 e. The zero-order valence-electron chi connectivity index (χ0n) is 13.3. The highest BCUT2D eigenvalue weighted by Crippen LogP contribution is 2.27. The maximum absolute atomic E-state index is 6.12. The van der Waals surface area contributed by atoms with Crippen molar-refractivity contribution in [3.63, 3.8) is 0 Å². The molecule has 2 rings (SSSR count). The van der Waals surface area contributed by atoms with Gasteiger partial charge in [-0.2, -0.15) is 5.10 Å². The van der Waals surface area contributed by atoms with Gasteiger partial charge in [0.05, 0.1) is 11.7 Å². The SMILES string of the molecule is CCC1CN(C)CCCN1C(CN)c1cn(C)nc1C. The van der Waals surface area contributed by atoms with Gasteiger partial charge in [-0.05, 0) is 33.4 Å². The number of nitrogens with two attached hydrogens (primary N) is 1. The van der Waals surface area contributed by atoms with Crippen LogP contribution in [0.3, 0.4) is 0 Å². The molecule has 2 heterocycles. The second-order valence-corrected chi connectivity index (χ2v) is 6.01. The van der Waals surface area contributed by atoms with Crippen LogP contribution in [-0.4, -0.2) is 58.8 Å². The van der Waals surface area contributed by atoms with Gasteiger partial charge in [0.25, 0.3) is 0 Å². The third-order valence-electron chi connectivity index (χ3n) is 4.45. The number of hydrogen-bond donors (Lipinski definition) is 1. The zero-order valence-corrected chi connectivity index (χ0v) is 13.3. The molecule has 5 heteroatoms. The molecule has 0 radical (unpaired) electrons. The molecule has 2 N–H and O–H groups in total. The summed E-state index contributed by atoms with van der Waals surface area (Å²) in [6, 6.07) is 0.871. The van der Waals surface area contributed by atoms with Crippen molar-refractivity contribution in [1.29, 1.82) is 0 Å². The summed E-state index contributed by atoms with van der Waals surface area (Å²) >= 11 is 0.